The number of hydrogen-bond acceptors (Lipinski definition) is 4. The maximum Gasteiger partial charge on any atom is 0.226 e. The highest BCUT2D eigenvalue weighted by Crippen LogP contribution is 2.30. The van der Waals surface area contributed by atoms with Gasteiger partial charge in [0.15, 0.2) is 11.5 Å². The largest absolute Gasteiger partial charge is 0.493 e. The van der Waals surface area contributed by atoms with Crippen molar-refractivity contribution in [2.75, 3.05) is 13.7 Å². The third-order valence-electron chi connectivity index (χ3n) is 5.01. The van der Waals surface area contributed by atoms with Gasteiger partial charge in [-0.2, -0.15) is 0 Å². The van der Waals surface area contributed by atoms with Crippen molar-refractivity contribution in [1.29, 1.82) is 0 Å². The van der Waals surface area contributed by atoms with E-state index in [1.807, 2.05) is 73.7 Å². The van der Waals surface area contributed by atoms with Crippen LogP contribution in [0, 0.1) is 0 Å². The van der Waals surface area contributed by atoms with E-state index < -0.39 is 6.17 Å². The molecule has 0 saturated carbocycles. The molecule has 33 heavy (non-hydrogen) atoms. The van der Waals surface area contributed by atoms with Crippen molar-refractivity contribution in [1.82, 2.24) is 10.6 Å². The molecule has 0 unspecified atom stereocenters. The van der Waals surface area contributed by atoms with Crippen molar-refractivity contribution >= 4 is 11.8 Å². The molecular weight excluding hydrogens is 416 g/mol. The Morgan fingerprint density at radius 3 is 1.82 bits per heavy atom. The molecule has 0 aliphatic carbocycles. The lowest BCUT2D eigenvalue weighted by atomic mass is 10.1. The van der Waals surface area contributed by atoms with E-state index in [0.29, 0.717) is 23.7 Å². The van der Waals surface area contributed by atoms with Crippen molar-refractivity contribution in [3.05, 3.63) is 95.6 Å². The number of ether oxygens (including phenoxy) is 2. The molecule has 2 N–H and O–H groups in total. The topological polar surface area (TPSA) is 76.7 Å². The van der Waals surface area contributed by atoms with Gasteiger partial charge in [0.05, 0.1) is 26.6 Å². The predicted molar refractivity (Wildman–Crippen MR) is 128 cm³/mol. The molecule has 2 amide bonds. The molecule has 3 aromatic rings. The van der Waals surface area contributed by atoms with E-state index in [0.717, 1.165) is 17.5 Å². The van der Waals surface area contributed by atoms with Crippen LogP contribution >= 0.6 is 0 Å². The van der Waals surface area contributed by atoms with Gasteiger partial charge in [-0.3, -0.25) is 9.59 Å². The monoisotopic (exact) mass is 446 g/mol. The maximum absolute atomic E-state index is 12.8. The third-order valence-corrected chi connectivity index (χ3v) is 5.01. The number of carbonyl (C=O) groups is 2. The standard InChI is InChI=1S/C27H30N2O4/c1-3-16-33-23-15-14-22(19-24(23)32-2)27(28-25(30)17-20-10-6-4-7-11-20)29-26(31)18-21-12-8-5-9-13-21/h4-15,19,27H,3,16-18H2,1-2H3,(H,28,30)(H,29,31). The van der Waals surface area contributed by atoms with E-state index in [-0.39, 0.29) is 24.7 Å². The first kappa shape index (κ1) is 23.9. The number of nitrogens with one attached hydrogen (secondary N) is 2. The summed E-state index contributed by atoms with van der Waals surface area (Å²) < 4.78 is 11.2. The second-order valence-electron chi connectivity index (χ2n) is 7.65. The van der Waals surface area contributed by atoms with Crippen LogP contribution in [0.4, 0.5) is 0 Å². The summed E-state index contributed by atoms with van der Waals surface area (Å²) in [5.74, 6) is 0.765. The highest BCUT2D eigenvalue weighted by atomic mass is 16.5. The van der Waals surface area contributed by atoms with Gasteiger partial charge in [0.25, 0.3) is 0 Å². The number of hydrogen-bond donors (Lipinski definition) is 2. The molecule has 0 aromatic heterocycles. The van der Waals surface area contributed by atoms with Crippen molar-refractivity contribution in [3.63, 3.8) is 0 Å². The summed E-state index contributed by atoms with van der Waals surface area (Å²) in [6.45, 7) is 2.60. The normalized spacial score (nSPS) is 10.5. The average Bonchev–Trinajstić information content (AvgIpc) is 2.83. The molecule has 0 spiro atoms. The zero-order valence-corrected chi connectivity index (χ0v) is 19.0. The number of rotatable bonds is 11. The Morgan fingerprint density at radius 2 is 1.33 bits per heavy atom. The van der Waals surface area contributed by atoms with Crippen molar-refractivity contribution in [2.24, 2.45) is 0 Å². The molecule has 0 fully saturated rings. The third kappa shape index (κ3) is 7.38. The van der Waals surface area contributed by atoms with Gasteiger partial charge in [-0.1, -0.05) is 73.7 Å². The Labute approximate surface area is 194 Å². The first-order valence-corrected chi connectivity index (χ1v) is 11.1. The molecule has 0 aliphatic heterocycles. The molecular formula is C27H30N2O4. The number of carbonyl (C=O) groups excluding carboxylic acids is 2. The fourth-order valence-corrected chi connectivity index (χ4v) is 3.38. The Hall–Kier alpha value is -3.80. The zero-order chi connectivity index (χ0) is 23.5. The SMILES string of the molecule is CCCOc1ccc(C(NC(=O)Cc2ccccc2)NC(=O)Cc2ccccc2)cc1OC. The minimum absolute atomic E-state index is 0.198. The second kappa shape index (κ2) is 12.3. The first-order valence-electron chi connectivity index (χ1n) is 11.1. The summed E-state index contributed by atoms with van der Waals surface area (Å²) in [6, 6.07) is 24.3. The van der Waals surface area contributed by atoms with E-state index in [9.17, 15) is 9.59 Å². The fourth-order valence-electron chi connectivity index (χ4n) is 3.38. The van der Waals surface area contributed by atoms with Gasteiger partial charge >= 0.3 is 0 Å². The molecule has 3 aromatic carbocycles. The highest BCUT2D eigenvalue weighted by molar-refractivity contribution is 5.82. The van der Waals surface area contributed by atoms with E-state index in [1.54, 1.807) is 19.2 Å². The number of amides is 2. The van der Waals surface area contributed by atoms with Crippen LogP contribution in [0.15, 0.2) is 78.9 Å². The lowest BCUT2D eigenvalue weighted by molar-refractivity contribution is -0.123. The molecule has 172 valence electrons. The molecule has 0 saturated heterocycles. The number of benzene rings is 3. The van der Waals surface area contributed by atoms with E-state index >= 15 is 0 Å². The maximum atomic E-state index is 12.8. The summed E-state index contributed by atoms with van der Waals surface area (Å²) >= 11 is 0. The highest BCUT2D eigenvalue weighted by Gasteiger charge is 2.20. The van der Waals surface area contributed by atoms with E-state index in [1.165, 1.54) is 0 Å². The Morgan fingerprint density at radius 1 is 0.788 bits per heavy atom. The van der Waals surface area contributed by atoms with Crippen molar-refractivity contribution in [2.45, 2.75) is 32.4 Å². The van der Waals surface area contributed by atoms with Gasteiger partial charge in [-0.25, -0.2) is 0 Å². The molecule has 0 radical (unpaired) electrons. The summed E-state index contributed by atoms with van der Waals surface area (Å²) in [7, 11) is 1.56. The average molecular weight is 447 g/mol. The number of methoxy groups -OCH3 is 1. The quantitative estimate of drug-likeness (QED) is 0.433. The Bertz CT molecular complexity index is 983. The summed E-state index contributed by atoms with van der Waals surface area (Å²) in [6.07, 6.45) is 0.576. The van der Waals surface area contributed by atoms with Gasteiger partial charge < -0.3 is 20.1 Å². The molecule has 0 heterocycles. The van der Waals surface area contributed by atoms with Crippen LogP contribution in [-0.4, -0.2) is 25.5 Å². The summed E-state index contributed by atoms with van der Waals surface area (Å²) in [4.78, 5) is 25.6. The summed E-state index contributed by atoms with van der Waals surface area (Å²) in [5, 5.41) is 5.89. The van der Waals surface area contributed by atoms with Crippen LogP contribution in [0.25, 0.3) is 0 Å². The lowest BCUT2D eigenvalue weighted by Crippen LogP contribution is -2.42. The predicted octanol–water partition coefficient (Wildman–Crippen LogP) is 4.20. The summed E-state index contributed by atoms with van der Waals surface area (Å²) in [5.41, 5.74) is 2.48. The van der Waals surface area contributed by atoms with Gasteiger partial charge in [0, 0.05) is 0 Å². The lowest BCUT2D eigenvalue weighted by Gasteiger charge is -2.22. The first-order chi connectivity index (χ1) is 16.1. The van der Waals surface area contributed by atoms with Crippen LogP contribution in [-0.2, 0) is 22.4 Å². The minimum atomic E-state index is -0.716. The van der Waals surface area contributed by atoms with Gasteiger partial charge in [0.2, 0.25) is 11.8 Å². The molecule has 0 atom stereocenters. The molecule has 6 heteroatoms. The van der Waals surface area contributed by atoms with Crippen LogP contribution in [0.1, 0.15) is 36.2 Å². The molecule has 6 nitrogen and oxygen atoms in total. The van der Waals surface area contributed by atoms with Gasteiger partial charge in [-0.15, -0.1) is 0 Å². The smallest absolute Gasteiger partial charge is 0.226 e. The van der Waals surface area contributed by atoms with Crippen LogP contribution in [0.3, 0.4) is 0 Å². The van der Waals surface area contributed by atoms with E-state index in [4.69, 9.17) is 9.47 Å². The van der Waals surface area contributed by atoms with Crippen LogP contribution < -0.4 is 20.1 Å². The molecule has 3 rings (SSSR count). The molecule has 0 bridgehead atoms. The van der Waals surface area contributed by atoms with Crippen molar-refractivity contribution < 1.29 is 19.1 Å². The second-order valence-corrected chi connectivity index (χ2v) is 7.65. The molecule has 0 aliphatic rings. The Kier molecular flexibility index (Phi) is 8.88. The van der Waals surface area contributed by atoms with Gasteiger partial charge in [0.1, 0.15) is 6.17 Å². The fraction of sp³-hybridized carbons (Fsp3) is 0.259. The van der Waals surface area contributed by atoms with Crippen molar-refractivity contribution in [3.8, 4) is 11.5 Å². The van der Waals surface area contributed by atoms with Crippen LogP contribution in [0.5, 0.6) is 11.5 Å². The van der Waals surface area contributed by atoms with Gasteiger partial charge in [-0.05, 0) is 35.2 Å². The Balaban J connectivity index is 1.79. The van der Waals surface area contributed by atoms with E-state index in [2.05, 4.69) is 10.6 Å². The minimum Gasteiger partial charge on any atom is -0.493 e. The zero-order valence-electron chi connectivity index (χ0n) is 19.0. The van der Waals surface area contributed by atoms with Crippen LogP contribution in [0.2, 0.25) is 0 Å².